The molecule has 0 aliphatic rings. The monoisotopic (exact) mass is 434 g/mol. The third kappa shape index (κ3) is 3.82. The van der Waals surface area contributed by atoms with Gasteiger partial charge in [0.2, 0.25) is 0 Å². The minimum atomic E-state index is -0.163. The molecule has 1 N–H and O–H groups in total. The van der Waals surface area contributed by atoms with E-state index in [9.17, 15) is 4.79 Å². The maximum absolute atomic E-state index is 13.0. The molecule has 0 fully saturated rings. The minimum absolute atomic E-state index is 0.163. The van der Waals surface area contributed by atoms with Gasteiger partial charge < -0.3 is 5.32 Å². The molecule has 0 radical (unpaired) electrons. The number of fused-ring (bicyclic) bond motifs is 1. The normalized spacial score (nSPS) is 10.9. The maximum atomic E-state index is 13.0. The van der Waals surface area contributed by atoms with Gasteiger partial charge in [-0.2, -0.15) is 0 Å². The third-order valence-corrected chi connectivity index (χ3v) is 5.04. The van der Waals surface area contributed by atoms with E-state index in [1.165, 1.54) is 11.1 Å². The van der Waals surface area contributed by atoms with Crippen LogP contribution in [-0.2, 0) is 12.8 Å². The molecule has 3 aromatic heterocycles. The maximum Gasteiger partial charge on any atom is 0.274 e. The Kier molecular flexibility index (Phi) is 5.21. The standard InChI is InChI=1S/C22H19BrN4O/c1-2-19-21(27-14-17(23)5-8-20(27)26-19)22(28)25-18-6-3-15(4-7-18)13-16-9-11-24-12-10-16/h3-12,14H,2,13H2,1H3,(H,25,28). The van der Waals surface area contributed by atoms with Crippen LogP contribution in [0.5, 0.6) is 0 Å². The van der Waals surface area contributed by atoms with E-state index in [4.69, 9.17) is 0 Å². The second-order valence-corrected chi connectivity index (χ2v) is 7.44. The van der Waals surface area contributed by atoms with Crippen molar-refractivity contribution in [2.75, 3.05) is 5.32 Å². The molecule has 0 aliphatic carbocycles. The van der Waals surface area contributed by atoms with Crippen LogP contribution < -0.4 is 5.32 Å². The Morgan fingerprint density at radius 1 is 1.04 bits per heavy atom. The Morgan fingerprint density at radius 3 is 2.46 bits per heavy atom. The number of pyridine rings is 2. The summed E-state index contributed by atoms with van der Waals surface area (Å²) >= 11 is 3.46. The van der Waals surface area contributed by atoms with Gasteiger partial charge in [-0.05, 0) is 76.3 Å². The number of hydrogen-bond donors (Lipinski definition) is 1. The number of carbonyl (C=O) groups excluding carboxylic acids is 1. The lowest BCUT2D eigenvalue weighted by Gasteiger charge is -2.08. The Labute approximate surface area is 171 Å². The average Bonchev–Trinajstić information content (AvgIpc) is 3.08. The number of halogens is 1. The van der Waals surface area contributed by atoms with Gasteiger partial charge in [0.25, 0.3) is 5.91 Å². The summed E-state index contributed by atoms with van der Waals surface area (Å²) in [6.45, 7) is 2.00. The van der Waals surface area contributed by atoms with Crippen LogP contribution in [0.1, 0.15) is 34.2 Å². The number of nitrogens with zero attached hydrogens (tertiary/aromatic N) is 3. The Balaban J connectivity index is 1.55. The first-order valence-corrected chi connectivity index (χ1v) is 9.89. The molecule has 3 heterocycles. The molecule has 28 heavy (non-hydrogen) atoms. The molecular formula is C22H19BrN4O. The SMILES string of the molecule is CCc1nc2ccc(Br)cn2c1C(=O)Nc1ccc(Cc2ccncc2)cc1. The molecular weight excluding hydrogens is 416 g/mol. The first-order chi connectivity index (χ1) is 13.6. The van der Waals surface area contributed by atoms with E-state index in [0.717, 1.165) is 27.9 Å². The van der Waals surface area contributed by atoms with Gasteiger partial charge in [0.15, 0.2) is 0 Å². The number of hydrogen-bond acceptors (Lipinski definition) is 3. The van der Waals surface area contributed by atoms with Gasteiger partial charge in [0.05, 0.1) is 5.69 Å². The molecule has 4 rings (SSSR count). The van der Waals surface area contributed by atoms with Gasteiger partial charge in [-0.15, -0.1) is 0 Å². The van der Waals surface area contributed by atoms with Crippen molar-refractivity contribution in [3.8, 4) is 0 Å². The number of nitrogens with one attached hydrogen (secondary N) is 1. The molecule has 140 valence electrons. The van der Waals surface area contributed by atoms with Gasteiger partial charge in [-0.1, -0.05) is 19.1 Å². The fraction of sp³-hybridized carbons (Fsp3) is 0.136. The van der Waals surface area contributed by atoms with E-state index in [1.807, 2.05) is 66.1 Å². The smallest absolute Gasteiger partial charge is 0.274 e. The fourth-order valence-corrected chi connectivity index (χ4v) is 3.52. The summed E-state index contributed by atoms with van der Waals surface area (Å²) in [4.78, 5) is 21.6. The number of aromatic nitrogens is 3. The highest BCUT2D eigenvalue weighted by Crippen LogP contribution is 2.20. The highest BCUT2D eigenvalue weighted by Gasteiger charge is 2.18. The number of benzene rings is 1. The molecule has 0 saturated carbocycles. The third-order valence-electron chi connectivity index (χ3n) is 4.57. The van der Waals surface area contributed by atoms with Gasteiger partial charge in [-0.25, -0.2) is 4.98 Å². The Bertz CT molecular complexity index is 1120. The highest BCUT2D eigenvalue weighted by molar-refractivity contribution is 9.10. The zero-order valence-electron chi connectivity index (χ0n) is 15.4. The average molecular weight is 435 g/mol. The van der Waals surface area contributed by atoms with E-state index in [1.54, 1.807) is 12.4 Å². The van der Waals surface area contributed by atoms with Crippen LogP contribution in [0, 0.1) is 0 Å². The summed E-state index contributed by atoms with van der Waals surface area (Å²) in [6.07, 6.45) is 6.98. The summed E-state index contributed by atoms with van der Waals surface area (Å²) in [5, 5.41) is 3.00. The van der Waals surface area contributed by atoms with Crippen LogP contribution >= 0.6 is 15.9 Å². The van der Waals surface area contributed by atoms with E-state index >= 15 is 0 Å². The molecule has 0 aliphatic heterocycles. The summed E-state index contributed by atoms with van der Waals surface area (Å²) in [5.41, 5.74) is 5.26. The van der Waals surface area contributed by atoms with Crippen LogP contribution in [0.25, 0.3) is 5.65 Å². The summed E-state index contributed by atoms with van der Waals surface area (Å²) in [7, 11) is 0. The molecule has 0 spiro atoms. The fourth-order valence-electron chi connectivity index (χ4n) is 3.19. The van der Waals surface area contributed by atoms with E-state index in [2.05, 4.69) is 31.2 Å². The zero-order valence-corrected chi connectivity index (χ0v) is 17.0. The van der Waals surface area contributed by atoms with Crippen molar-refractivity contribution >= 4 is 33.2 Å². The van der Waals surface area contributed by atoms with E-state index in [0.29, 0.717) is 12.1 Å². The molecule has 0 saturated heterocycles. The number of imidazole rings is 1. The summed E-state index contributed by atoms with van der Waals surface area (Å²) in [6, 6.07) is 15.7. The van der Waals surface area contributed by atoms with Crippen LogP contribution in [0.3, 0.4) is 0 Å². The number of rotatable bonds is 5. The summed E-state index contributed by atoms with van der Waals surface area (Å²) < 4.78 is 2.73. The van der Waals surface area contributed by atoms with Crippen LogP contribution in [0.4, 0.5) is 5.69 Å². The molecule has 0 atom stereocenters. The Morgan fingerprint density at radius 2 is 1.75 bits per heavy atom. The van der Waals surface area contributed by atoms with Crippen LogP contribution in [-0.4, -0.2) is 20.3 Å². The second-order valence-electron chi connectivity index (χ2n) is 6.52. The van der Waals surface area contributed by atoms with Gasteiger partial charge >= 0.3 is 0 Å². The van der Waals surface area contributed by atoms with Crippen molar-refractivity contribution in [1.29, 1.82) is 0 Å². The highest BCUT2D eigenvalue weighted by atomic mass is 79.9. The number of aryl methyl sites for hydroxylation is 1. The van der Waals surface area contributed by atoms with Crippen molar-refractivity contribution < 1.29 is 4.79 Å². The van der Waals surface area contributed by atoms with Crippen molar-refractivity contribution in [2.24, 2.45) is 0 Å². The van der Waals surface area contributed by atoms with Gasteiger partial charge in [0.1, 0.15) is 11.3 Å². The lowest BCUT2D eigenvalue weighted by Crippen LogP contribution is -2.16. The molecule has 4 aromatic rings. The van der Waals surface area contributed by atoms with Crippen molar-refractivity contribution in [3.05, 3.63) is 94.1 Å². The van der Waals surface area contributed by atoms with Gasteiger partial charge in [-0.3, -0.25) is 14.2 Å². The molecule has 5 nitrogen and oxygen atoms in total. The first kappa shape index (κ1) is 18.4. The molecule has 1 aromatic carbocycles. The number of amides is 1. The zero-order chi connectivity index (χ0) is 19.5. The van der Waals surface area contributed by atoms with E-state index in [-0.39, 0.29) is 5.91 Å². The van der Waals surface area contributed by atoms with E-state index < -0.39 is 0 Å². The quantitative estimate of drug-likeness (QED) is 0.485. The number of carbonyl (C=O) groups is 1. The topological polar surface area (TPSA) is 59.3 Å². The second kappa shape index (κ2) is 7.94. The van der Waals surface area contributed by atoms with Crippen LogP contribution in [0.2, 0.25) is 0 Å². The lowest BCUT2D eigenvalue weighted by atomic mass is 10.1. The predicted octanol–water partition coefficient (Wildman–Crippen LogP) is 4.90. The predicted molar refractivity (Wildman–Crippen MR) is 114 cm³/mol. The largest absolute Gasteiger partial charge is 0.321 e. The Hall–Kier alpha value is -2.99. The van der Waals surface area contributed by atoms with Crippen molar-refractivity contribution in [3.63, 3.8) is 0 Å². The molecule has 0 bridgehead atoms. The number of anilines is 1. The van der Waals surface area contributed by atoms with Crippen molar-refractivity contribution in [1.82, 2.24) is 14.4 Å². The van der Waals surface area contributed by atoms with Crippen LogP contribution in [0.15, 0.2) is 71.6 Å². The lowest BCUT2D eigenvalue weighted by molar-refractivity contribution is 0.102. The molecule has 6 heteroatoms. The first-order valence-electron chi connectivity index (χ1n) is 9.09. The summed E-state index contributed by atoms with van der Waals surface area (Å²) in [5.74, 6) is -0.163. The van der Waals surface area contributed by atoms with Gasteiger partial charge in [0, 0.05) is 28.8 Å². The molecule has 0 unspecified atom stereocenters. The minimum Gasteiger partial charge on any atom is -0.321 e. The van der Waals surface area contributed by atoms with Crippen molar-refractivity contribution in [2.45, 2.75) is 19.8 Å². The molecule has 1 amide bonds.